The number of aryl methyl sites for hydroxylation is 2. The molecule has 0 heterocycles. The first kappa shape index (κ1) is 31.1. The molecule has 0 aromatic heterocycles. The van der Waals surface area contributed by atoms with Gasteiger partial charge in [-0.3, -0.25) is 13.9 Å². The molecule has 8 nitrogen and oxygen atoms in total. The summed E-state index contributed by atoms with van der Waals surface area (Å²) in [5.74, 6) is -0.373. The third kappa shape index (κ3) is 7.13. The lowest BCUT2D eigenvalue weighted by molar-refractivity contribution is -0.140. The molecule has 1 N–H and O–H groups in total. The molecule has 0 radical (unpaired) electrons. The molecule has 9 heteroatoms. The SMILES string of the molecule is CC[C@@H](C(=O)NC1CCCC1)N(Cc1ccccc1C)C(=O)CN(c1ccccc1OC)S(=O)(=O)c1ccc(C)cc1. The molecule has 2 amide bonds. The minimum absolute atomic E-state index is 0.0586. The molecule has 4 rings (SSSR count). The quantitative estimate of drug-likeness (QED) is 0.305. The van der Waals surface area contributed by atoms with E-state index in [-0.39, 0.29) is 29.1 Å². The second-order valence-corrected chi connectivity index (χ2v) is 12.7. The van der Waals surface area contributed by atoms with Gasteiger partial charge in [-0.25, -0.2) is 8.42 Å². The van der Waals surface area contributed by atoms with Crippen molar-refractivity contribution in [3.05, 3.63) is 89.5 Å². The number of hydrogen-bond acceptors (Lipinski definition) is 5. The zero-order chi connectivity index (χ0) is 30.3. The number of anilines is 1. The summed E-state index contributed by atoms with van der Waals surface area (Å²) in [5, 5.41) is 3.15. The Morgan fingerprint density at radius 1 is 0.952 bits per heavy atom. The Hall–Kier alpha value is -3.85. The zero-order valence-electron chi connectivity index (χ0n) is 24.9. The van der Waals surface area contributed by atoms with E-state index >= 15 is 0 Å². The minimum Gasteiger partial charge on any atom is -0.495 e. The third-order valence-corrected chi connectivity index (χ3v) is 9.71. The summed E-state index contributed by atoms with van der Waals surface area (Å²) < 4.78 is 34.8. The number of carbonyl (C=O) groups excluding carboxylic acids is 2. The highest BCUT2D eigenvalue weighted by atomic mass is 32.2. The first-order valence-electron chi connectivity index (χ1n) is 14.5. The highest BCUT2D eigenvalue weighted by molar-refractivity contribution is 7.92. The second-order valence-electron chi connectivity index (χ2n) is 10.9. The molecule has 1 atom stereocenters. The number of nitrogens with one attached hydrogen (secondary N) is 1. The van der Waals surface area contributed by atoms with E-state index in [4.69, 9.17) is 4.74 Å². The molecule has 0 unspecified atom stereocenters. The van der Waals surface area contributed by atoms with Gasteiger partial charge in [0.05, 0.1) is 17.7 Å². The molecule has 3 aromatic rings. The predicted octanol–water partition coefficient (Wildman–Crippen LogP) is 5.37. The van der Waals surface area contributed by atoms with Crippen LogP contribution in [0.25, 0.3) is 0 Å². The molecule has 0 saturated heterocycles. The summed E-state index contributed by atoms with van der Waals surface area (Å²) in [5.41, 5.74) is 3.03. The van der Waals surface area contributed by atoms with Crippen LogP contribution in [0.4, 0.5) is 5.69 Å². The monoisotopic (exact) mass is 591 g/mol. The highest BCUT2D eigenvalue weighted by Gasteiger charge is 2.35. The number of benzene rings is 3. The Balaban J connectivity index is 1.75. The van der Waals surface area contributed by atoms with Crippen LogP contribution in [0.3, 0.4) is 0 Å². The van der Waals surface area contributed by atoms with Crippen LogP contribution in [0, 0.1) is 13.8 Å². The van der Waals surface area contributed by atoms with Crippen molar-refractivity contribution in [1.29, 1.82) is 0 Å². The Labute approximate surface area is 249 Å². The molecular weight excluding hydrogens is 550 g/mol. The van der Waals surface area contributed by atoms with Gasteiger partial charge in [0.15, 0.2) is 0 Å². The maximum atomic E-state index is 14.3. The molecule has 42 heavy (non-hydrogen) atoms. The highest BCUT2D eigenvalue weighted by Crippen LogP contribution is 2.33. The van der Waals surface area contributed by atoms with Crippen molar-refractivity contribution in [3.8, 4) is 5.75 Å². The Morgan fingerprint density at radius 2 is 1.60 bits per heavy atom. The lowest BCUT2D eigenvalue weighted by Crippen LogP contribution is -2.53. The van der Waals surface area contributed by atoms with Crippen LogP contribution in [0.5, 0.6) is 5.75 Å². The van der Waals surface area contributed by atoms with E-state index in [0.717, 1.165) is 46.7 Å². The number of sulfonamides is 1. The van der Waals surface area contributed by atoms with Crippen molar-refractivity contribution in [2.75, 3.05) is 18.0 Å². The van der Waals surface area contributed by atoms with Crippen molar-refractivity contribution in [2.24, 2.45) is 0 Å². The van der Waals surface area contributed by atoms with Gasteiger partial charge in [0.2, 0.25) is 11.8 Å². The van der Waals surface area contributed by atoms with E-state index < -0.39 is 28.5 Å². The van der Waals surface area contributed by atoms with E-state index in [0.29, 0.717) is 12.2 Å². The molecule has 1 fully saturated rings. The fourth-order valence-corrected chi connectivity index (χ4v) is 6.87. The number of carbonyl (C=O) groups is 2. The fourth-order valence-electron chi connectivity index (χ4n) is 5.44. The number of hydrogen-bond donors (Lipinski definition) is 1. The normalized spacial score (nSPS) is 14.3. The summed E-state index contributed by atoms with van der Waals surface area (Å²) in [6, 6.07) is 20.3. The van der Waals surface area contributed by atoms with Gasteiger partial charge >= 0.3 is 0 Å². The molecule has 0 aliphatic heterocycles. The third-order valence-electron chi connectivity index (χ3n) is 7.93. The summed E-state index contributed by atoms with van der Waals surface area (Å²) in [6.45, 7) is 5.38. The number of methoxy groups -OCH3 is 1. The Bertz CT molecular complexity index is 1480. The average molecular weight is 592 g/mol. The van der Waals surface area contributed by atoms with E-state index in [2.05, 4.69) is 5.32 Å². The predicted molar refractivity (Wildman–Crippen MR) is 165 cm³/mol. The first-order chi connectivity index (χ1) is 20.1. The van der Waals surface area contributed by atoms with Crippen LogP contribution in [0.2, 0.25) is 0 Å². The molecule has 3 aromatic carbocycles. The molecule has 1 saturated carbocycles. The topological polar surface area (TPSA) is 96.0 Å². The first-order valence-corrected chi connectivity index (χ1v) is 16.0. The van der Waals surface area contributed by atoms with Gasteiger partial charge in [-0.15, -0.1) is 0 Å². The van der Waals surface area contributed by atoms with E-state index in [1.54, 1.807) is 36.4 Å². The van der Waals surface area contributed by atoms with Crippen LogP contribution < -0.4 is 14.4 Å². The molecular formula is C33H41N3O5S. The summed E-state index contributed by atoms with van der Waals surface area (Å²) in [7, 11) is -2.72. The Morgan fingerprint density at radius 3 is 2.24 bits per heavy atom. The molecule has 0 spiro atoms. The maximum absolute atomic E-state index is 14.3. The standard InChI is InChI=1S/C33H41N3O5S/c1-5-29(33(38)34-27-14-8-9-15-27)35(22-26-13-7-6-12-25(26)3)32(37)23-36(30-16-10-11-17-31(30)41-4)42(39,40)28-20-18-24(2)19-21-28/h6-7,10-13,16-21,27,29H,5,8-9,14-15,22-23H2,1-4H3,(H,34,38)/t29-/m0/s1. The van der Waals surface area contributed by atoms with Crippen molar-refractivity contribution in [2.45, 2.75) is 76.4 Å². The van der Waals surface area contributed by atoms with Crippen LogP contribution in [0.15, 0.2) is 77.7 Å². The minimum atomic E-state index is -4.18. The smallest absolute Gasteiger partial charge is 0.264 e. The van der Waals surface area contributed by atoms with Crippen LogP contribution in [-0.2, 0) is 26.2 Å². The summed E-state index contributed by atoms with van der Waals surface area (Å²) in [4.78, 5) is 29.5. The average Bonchev–Trinajstić information content (AvgIpc) is 3.49. The van der Waals surface area contributed by atoms with Crippen molar-refractivity contribution < 1.29 is 22.7 Å². The number of ether oxygens (including phenoxy) is 1. The van der Waals surface area contributed by atoms with Crippen molar-refractivity contribution >= 4 is 27.5 Å². The molecule has 224 valence electrons. The molecule has 1 aliphatic rings. The van der Waals surface area contributed by atoms with Crippen LogP contribution >= 0.6 is 0 Å². The van der Waals surface area contributed by atoms with Gasteiger partial charge in [0, 0.05) is 12.6 Å². The van der Waals surface area contributed by atoms with Gasteiger partial charge in [-0.1, -0.05) is 73.9 Å². The van der Waals surface area contributed by atoms with Crippen molar-refractivity contribution in [1.82, 2.24) is 10.2 Å². The van der Waals surface area contributed by atoms with E-state index in [9.17, 15) is 18.0 Å². The van der Waals surface area contributed by atoms with E-state index in [1.807, 2.05) is 45.0 Å². The van der Waals surface area contributed by atoms with Gasteiger partial charge in [-0.2, -0.15) is 0 Å². The lowest BCUT2D eigenvalue weighted by Gasteiger charge is -2.34. The molecule has 1 aliphatic carbocycles. The number of amides is 2. The number of para-hydroxylation sites is 2. The van der Waals surface area contributed by atoms with E-state index in [1.165, 1.54) is 24.1 Å². The van der Waals surface area contributed by atoms with Gasteiger partial charge < -0.3 is 15.0 Å². The molecule has 0 bridgehead atoms. The summed E-state index contributed by atoms with van der Waals surface area (Å²) in [6.07, 6.45) is 4.36. The zero-order valence-corrected chi connectivity index (χ0v) is 25.7. The maximum Gasteiger partial charge on any atom is 0.264 e. The largest absolute Gasteiger partial charge is 0.495 e. The summed E-state index contributed by atoms with van der Waals surface area (Å²) >= 11 is 0. The lowest BCUT2D eigenvalue weighted by atomic mass is 10.1. The van der Waals surface area contributed by atoms with Crippen molar-refractivity contribution in [3.63, 3.8) is 0 Å². The fraction of sp³-hybridized carbons (Fsp3) is 0.394. The van der Waals surface area contributed by atoms with Gasteiger partial charge in [0.1, 0.15) is 18.3 Å². The van der Waals surface area contributed by atoms with Crippen LogP contribution in [-0.4, -0.2) is 50.9 Å². The number of nitrogens with zero attached hydrogens (tertiary/aromatic N) is 2. The number of rotatable bonds is 12. The van der Waals surface area contributed by atoms with Crippen LogP contribution in [0.1, 0.15) is 55.7 Å². The van der Waals surface area contributed by atoms with Gasteiger partial charge in [0.25, 0.3) is 10.0 Å². The Kier molecular flexibility index (Phi) is 10.3. The van der Waals surface area contributed by atoms with Gasteiger partial charge in [-0.05, 0) is 68.5 Å². The second kappa shape index (κ2) is 13.9.